The fraction of sp³-hybridized carbons (Fsp3) is 0.133. The molecule has 1 atom stereocenters. The zero-order valence-electron chi connectivity index (χ0n) is 11.5. The highest BCUT2D eigenvalue weighted by Crippen LogP contribution is 2.26. The highest BCUT2D eigenvalue weighted by Gasteiger charge is 2.13. The summed E-state index contributed by atoms with van der Waals surface area (Å²) in [5.74, 6) is 0.0759. The predicted octanol–water partition coefficient (Wildman–Crippen LogP) is 4.89. The van der Waals surface area contributed by atoms with E-state index in [0.717, 1.165) is 5.56 Å². The van der Waals surface area contributed by atoms with Crippen molar-refractivity contribution in [3.8, 4) is 0 Å². The third kappa shape index (κ3) is 4.56. The number of rotatable bonds is 4. The van der Waals surface area contributed by atoms with E-state index in [4.69, 9.17) is 23.2 Å². The summed E-state index contributed by atoms with van der Waals surface area (Å²) in [4.78, 5) is 12.4. The summed E-state index contributed by atoms with van der Waals surface area (Å²) in [6.45, 7) is 0. The Bertz CT molecular complexity index is 752. The number of carbonyl (C=O) groups is 1. The van der Waals surface area contributed by atoms with Gasteiger partial charge in [0.05, 0.1) is 16.3 Å². The van der Waals surface area contributed by atoms with Crippen molar-refractivity contribution >= 4 is 61.5 Å². The van der Waals surface area contributed by atoms with Gasteiger partial charge in [0.2, 0.25) is 0 Å². The Morgan fingerprint density at radius 2 is 1.95 bits per heavy atom. The summed E-state index contributed by atoms with van der Waals surface area (Å²) in [6, 6.07) is 10.1. The Balaban J connectivity index is 2.27. The standard InChI is InChI=1S/C15H12BrCl2NO2S/c1-22(21)8-9-2-5-13(18)14(6-9)19-15(20)11-7-10(17)3-4-12(11)16/h2-7H,8H2,1H3,(H,19,20). The van der Waals surface area contributed by atoms with Crippen molar-refractivity contribution in [2.24, 2.45) is 0 Å². The molecule has 0 fully saturated rings. The van der Waals surface area contributed by atoms with Crippen LogP contribution in [0.2, 0.25) is 10.0 Å². The molecule has 0 heterocycles. The Morgan fingerprint density at radius 1 is 1.23 bits per heavy atom. The van der Waals surface area contributed by atoms with Gasteiger partial charge in [0.1, 0.15) is 0 Å². The van der Waals surface area contributed by atoms with Crippen molar-refractivity contribution in [3.05, 3.63) is 62.0 Å². The van der Waals surface area contributed by atoms with Crippen molar-refractivity contribution < 1.29 is 9.00 Å². The van der Waals surface area contributed by atoms with Gasteiger partial charge in [-0.2, -0.15) is 0 Å². The highest BCUT2D eigenvalue weighted by atomic mass is 79.9. The van der Waals surface area contributed by atoms with Crippen LogP contribution in [0.3, 0.4) is 0 Å². The van der Waals surface area contributed by atoms with E-state index in [2.05, 4.69) is 21.2 Å². The number of carbonyl (C=O) groups excluding carboxylic acids is 1. The third-order valence-corrected chi connectivity index (χ3v) is 4.82. The topological polar surface area (TPSA) is 46.2 Å². The van der Waals surface area contributed by atoms with E-state index in [1.165, 1.54) is 0 Å². The molecule has 116 valence electrons. The molecule has 0 spiro atoms. The molecule has 0 saturated carbocycles. The van der Waals surface area contributed by atoms with Gasteiger partial charge in [0.15, 0.2) is 0 Å². The van der Waals surface area contributed by atoms with Gasteiger partial charge >= 0.3 is 0 Å². The van der Waals surface area contributed by atoms with E-state index in [1.54, 1.807) is 42.7 Å². The lowest BCUT2D eigenvalue weighted by Crippen LogP contribution is -2.13. The van der Waals surface area contributed by atoms with Crippen LogP contribution in [0.4, 0.5) is 5.69 Å². The average molecular weight is 421 g/mol. The summed E-state index contributed by atoms with van der Waals surface area (Å²) >= 11 is 15.3. The quantitative estimate of drug-likeness (QED) is 0.765. The molecular weight excluding hydrogens is 409 g/mol. The minimum atomic E-state index is -0.968. The molecule has 0 aliphatic heterocycles. The summed E-state index contributed by atoms with van der Waals surface area (Å²) in [7, 11) is -0.968. The molecule has 2 rings (SSSR count). The number of nitrogens with one attached hydrogen (secondary N) is 1. The van der Waals surface area contributed by atoms with Crippen molar-refractivity contribution in [1.82, 2.24) is 0 Å². The van der Waals surface area contributed by atoms with Crippen LogP contribution < -0.4 is 5.32 Å². The summed E-state index contributed by atoms with van der Waals surface area (Å²) in [5, 5.41) is 3.63. The Kier molecular flexibility index (Phi) is 6.03. The summed E-state index contributed by atoms with van der Waals surface area (Å²) in [5.41, 5.74) is 1.72. The van der Waals surface area contributed by atoms with E-state index in [1.807, 2.05) is 0 Å². The van der Waals surface area contributed by atoms with Crippen LogP contribution in [0, 0.1) is 0 Å². The van der Waals surface area contributed by atoms with Gasteiger partial charge in [-0.3, -0.25) is 9.00 Å². The average Bonchev–Trinajstić information content (AvgIpc) is 2.44. The minimum absolute atomic E-state index is 0.328. The molecule has 3 nitrogen and oxygen atoms in total. The second-order valence-electron chi connectivity index (χ2n) is 4.61. The third-order valence-electron chi connectivity index (χ3n) is 2.82. The summed E-state index contributed by atoms with van der Waals surface area (Å²) < 4.78 is 11.9. The molecule has 0 bridgehead atoms. The van der Waals surface area contributed by atoms with Crippen LogP contribution in [0.25, 0.3) is 0 Å². The van der Waals surface area contributed by atoms with Crippen LogP contribution in [0.1, 0.15) is 15.9 Å². The normalized spacial score (nSPS) is 12.0. The second kappa shape index (κ2) is 7.59. The minimum Gasteiger partial charge on any atom is -0.321 e. The van der Waals surface area contributed by atoms with Crippen molar-refractivity contribution in [1.29, 1.82) is 0 Å². The molecule has 22 heavy (non-hydrogen) atoms. The first kappa shape index (κ1) is 17.5. The number of benzene rings is 2. The zero-order chi connectivity index (χ0) is 16.3. The van der Waals surface area contributed by atoms with Gasteiger partial charge in [0, 0.05) is 32.3 Å². The molecule has 0 aliphatic carbocycles. The fourth-order valence-corrected chi connectivity index (χ4v) is 3.27. The smallest absolute Gasteiger partial charge is 0.256 e. The molecule has 0 saturated heterocycles. The maximum absolute atomic E-state index is 12.4. The van der Waals surface area contributed by atoms with Crippen molar-refractivity contribution in [2.75, 3.05) is 11.6 Å². The largest absolute Gasteiger partial charge is 0.321 e. The lowest BCUT2D eigenvalue weighted by molar-refractivity contribution is 0.102. The van der Waals surface area contributed by atoms with Gasteiger partial charge in [-0.05, 0) is 51.8 Å². The SMILES string of the molecule is CS(=O)Cc1ccc(Cl)c(NC(=O)c2cc(Cl)ccc2Br)c1. The number of amides is 1. The second-order valence-corrected chi connectivity index (χ2v) is 7.74. The van der Waals surface area contributed by atoms with E-state index in [0.29, 0.717) is 31.5 Å². The molecule has 0 aromatic heterocycles. The molecule has 7 heteroatoms. The lowest BCUT2D eigenvalue weighted by Gasteiger charge is -2.10. The Morgan fingerprint density at radius 3 is 2.64 bits per heavy atom. The molecule has 2 aromatic rings. The van der Waals surface area contributed by atoms with Gasteiger partial charge in [-0.25, -0.2) is 0 Å². The Hall–Kier alpha value is -0.880. The first-order valence-corrected chi connectivity index (χ1v) is 9.49. The predicted molar refractivity (Wildman–Crippen MR) is 96.3 cm³/mol. The number of hydrogen-bond acceptors (Lipinski definition) is 2. The number of halogens is 3. The first-order valence-electron chi connectivity index (χ1n) is 6.21. The molecule has 2 aromatic carbocycles. The van der Waals surface area contributed by atoms with Crippen LogP contribution in [-0.4, -0.2) is 16.4 Å². The maximum Gasteiger partial charge on any atom is 0.256 e. The van der Waals surface area contributed by atoms with Crippen molar-refractivity contribution in [2.45, 2.75) is 5.75 Å². The fourth-order valence-electron chi connectivity index (χ4n) is 1.85. The molecular formula is C15H12BrCl2NO2S. The molecule has 1 amide bonds. The van der Waals surface area contributed by atoms with Gasteiger partial charge in [-0.15, -0.1) is 0 Å². The lowest BCUT2D eigenvalue weighted by atomic mass is 10.2. The van der Waals surface area contributed by atoms with Crippen molar-refractivity contribution in [3.63, 3.8) is 0 Å². The van der Waals surface area contributed by atoms with Crippen LogP contribution >= 0.6 is 39.1 Å². The maximum atomic E-state index is 12.4. The van der Waals surface area contributed by atoms with Crippen LogP contribution in [0.15, 0.2) is 40.9 Å². The molecule has 1 unspecified atom stereocenters. The number of anilines is 1. The molecule has 1 N–H and O–H groups in total. The summed E-state index contributed by atoms with van der Waals surface area (Å²) in [6.07, 6.45) is 1.62. The van der Waals surface area contributed by atoms with E-state index in [9.17, 15) is 9.00 Å². The van der Waals surface area contributed by atoms with Gasteiger partial charge in [0.25, 0.3) is 5.91 Å². The zero-order valence-corrected chi connectivity index (χ0v) is 15.4. The monoisotopic (exact) mass is 419 g/mol. The van der Waals surface area contributed by atoms with Gasteiger partial charge < -0.3 is 5.32 Å². The molecule has 0 radical (unpaired) electrons. The van der Waals surface area contributed by atoms with E-state index >= 15 is 0 Å². The van der Waals surface area contributed by atoms with Gasteiger partial charge in [-0.1, -0.05) is 29.3 Å². The van der Waals surface area contributed by atoms with Crippen LogP contribution in [0.5, 0.6) is 0 Å². The van der Waals surface area contributed by atoms with E-state index in [-0.39, 0.29) is 5.91 Å². The number of hydrogen-bond donors (Lipinski definition) is 1. The highest BCUT2D eigenvalue weighted by molar-refractivity contribution is 9.10. The Labute approximate surface area is 149 Å². The molecule has 0 aliphatic rings. The van der Waals surface area contributed by atoms with E-state index < -0.39 is 10.8 Å². The first-order chi connectivity index (χ1) is 10.4. The van der Waals surface area contributed by atoms with Crippen LogP contribution in [-0.2, 0) is 16.6 Å².